The van der Waals surface area contributed by atoms with Crippen molar-refractivity contribution in [2.45, 2.75) is 6.18 Å². The number of halogens is 4. The first-order valence-electron chi connectivity index (χ1n) is 9.35. The molecule has 0 aliphatic carbocycles. The van der Waals surface area contributed by atoms with Crippen molar-refractivity contribution in [3.05, 3.63) is 75.6 Å². The summed E-state index contributed by atoms with van der Waals surface area (Å²) in [5.41, 5.74) is -4.92. The largest absolute Gasteiger partial charge is 0.618 e. The van der Waals surface area contributed by atoms with E-state index in [4.69, 9.17) is 0 Å². The highest BCUT2D eigenvalue weighted by molar-refractivity contribution is 6.07. The average molecular weight is 436 g/mol. The van der Waals surface area contributed by atoms with Crippen LogP contribution in [0.25, 0.3) is 11.0 Å². The van der Waals surface area contributed by atoms with E-state index in [0.717, 1.165) is 6.07 Å². The Morgan fingerprint density at radius 3 is 2.23 bits per heavy atom. The molecule has 3 aromatic rings. The summed E-state index contributed by atoms with van der Waals surface area (Å²) in [7, 11) is 0. The molecule has 4 rings (SSSR count). The Labute approximate surface area is 173 Å². The van der Waals surface area contributed by atoms with Gasteiger partial charge in [-0.1, -0.05) is 30.3 Å². The van der Waals surface area contributed by atoms with Gasteiger partial charge in [-0.2, -0.15) is 17.9 Å². The molecule has 0 amide bonds. The number of carbonyl (C=O) groups is 1. The van der Waals surface area contributed by atoms with Crippen LogP contribution >= 0.6 is 0 Å². The van der Waals surface area contributed by atoms with E-state index in [1.807, 2.05) is 0 Å². The second-order valence-electron chi connectivity index (χ2n) is 7.01. The van der Waals surface area contributed by atoms with Gasteiger partial charge in [0.1, 0.15) is 0 Å². The number of ketones is 1. The molecule has 2 aromatic carbocycles. The van der Waals surface area contributed by atoms with Crippen LogP contribution in [-0.4, -0.2) is 32.0 Å². The van der Waals surface area contributed by atoms with Crippen LogP contribution in [0.2, 0.25) is 0 Å². The number of alkyl halides is 3. The van der Waals surface area contributed by atoms with Gasteiger partial charge < -0.3 is 20.6 Å². The summed E-state index contributed by atoms with van der Waals surface area (Å²) in [6, 6.07) is 8.46. The summed E-state index contributed by atoms with van der Waals surface area (Å²) in [6.07, 6.45) is -5.32. The van der Waals surface area contributed by atoms with Gasteiger partial charge in [-0.3, -0.25) is 4.79 Å². The standard InChI is InChI=1S/C20H16F4N4O3/c21-13-10-15-16(11-14(13)26-8-6-25-7-9-26)27(30)17(19(28(15)31)20(22,23)24)18(29)12-4-2-1-3-5-12/h1-5,10-11,25H,6-9H2. The zero-order chi connectivity index (χ0) is 22.3. The fourth-order valence-corrected chi connectivity index (χ4v) is 3.62. The number of carbonyl (C=O) groups excluding carboxylic acids is 1. The number of benzene rings is 2. The van der Waals surface area contributed by atoms with Gasteiger partial charge in [0.2, 0.25) is 0 Å². The van der Waals surface area contributed by atoms with Crippen molar-refractivity contribution in [1.29, 1.82) is 0 Å². The summed E-state index contributed by atoms with van der Waals surface area (Å²) in [5, 5.41) is 28.7. The minimum atomic E-state index is -5.32. The van der Waals surface area contributed by atoms with E-state index in [0.29, 0.717) is 32.2 Å². The molecule has 2 heterocycles. The quantitative estimate of drug-likeness (QED) is 0.293. The lowest BCUT2D eigenvalue weighted by atomic mass is 10.1. The molecule has 162 valence electrons. The molecule has 1 fully saturated rings. The normalized spacial score (nSPS) is 14.8. The number of rotatable bonds is 3. The molecule has 1 N–H and O–H groups in total. The second kappa shape index (κ2) is 7.65. The molecule has 1 aromatic heterocycles. The number of hydrogen-bond acceptors (Lipinski definition) is 5. The van der Waals surface area contributed by atoms with Gasteiger partial charge in [-0.15, -0.1) is 4.73 Å². The summed E-state index contributed by atoms with van der Waals surface area (Å²) >= 11 is 0. The fraction of sp³-hybridized carbons (Fsp3) is 0.250. The smallest absolute Gasteiger partial charge is 0.486 e. The second-order valence-corrected chi connectivity index (χ2v) is 7.01. The Morgan fingerprint density at radius 2 is 1.61 bits per heavy atom. The number of nitrogens with one attached hydrogen (secondary N) is 1. The molecule has 1 aliphatic rings. The van der Waals surface area contributed by atoms with E-state index in [2.05, 4.69) is 5.32 Å². The van der Waals surface area contributed by atoms with Crippen molar-refractivity contribution >= 4 is 22.5 Å². The fourth-order valence-electron chi connectivity index (χ4n) is 3.62. The first-order chi connectivity index (χ1) is 14.7. The molecule has 11 heteroatoms. The first kappa shape index (κ1) is 20.8. The lowest BCUT2D eigenvalue weighted by Gasteiger charge is -2.29. The van der Waals surface area contributed by atoms with E-state index >= 15 is 0 Å². The van der Waals surface area contributed by atoms with Crippen molar-refractivity contribution < 1.29 is 31.8 Å². The summed E-state index contributed by atoms with van der Waals surface area (Å²) < 4.78 is 55.1. The highest BCUT2D eigenvalue weighted by atomic mass is 19.4. The van der Waals surface area contributed by atoms with Gasteiger partial charge in [0.05, 0.1) is 11.8 Å². The van der Waals surface area contributed by atoms with Gasteiger partial charge in [0.25, 0.3) is 16.8 Å². The van der Waals surface area contributed by atoms with Crippen molar-refractivity contribution in [3.8, 4) is 0 Å². The SMILES string of the molecule is O=C(c1ccccc1)c1c(C(F)(F)F)[n+]([O-])c2cc(F)c(N3CCNCC3)cc2[n+]1[O-]. The molecule has 0 unspecified atom stereocenters. The predicted molar refractivity (Wildman–Crippen MR) is 102 cm³/mol. The zero-order valence-corrected chi connectivity index (χ0v) is 15.9. The van der Waals surface area contributed by atoms with Gasteiger partial charge in [-0.25, -0.2) is 4.39 Å². The molecule has 1 aliphatic heterocycles. The predicted octanol–water partition coefficient (Wildman–Crippen LogP) is 1.91. The molecule has 0 bridgehead atoms. The highest BCUT2D eigenvalue weighted by Gasteiger charge is 2.51. The van der Waals surface area contributed by atoms with Crippen LogP contribution in [-0.2, 0) is 6.18 Å². The number of hydrogen-bond donors (Lipinski definition) is 1. The van der Waals surface area contributed by atoms with Crippen molar-refractivity contribution in [3.63, 3.8) is 0 Å². The Hall–Kier alpha value is -3.47. The third-order valence-corrected chi connectivity index (χ3v) is 5.09. The number of nitrogens with zero attached hydrogens (tertiary/aromatic N) is 3. The molecule has 0 spiro atoms. The van der Waals surface area contributed by atoms with E-state index < -0.39 is 44.9 Å². The van der Waals surface area contributed by atoms with E-state index in [-0.39, 0.29) is 16.0 Å². The third-order valence-electron chi connectivity index (χ3n) is 5.09. The molecule has 7 nitrogen and oxygen atoms in total. The summed E-state index contributed by atoms with van der Waals surface area (Å²) in [5.74, 6) is -2.20. The maximum absolute atomic E-state index is 14.7. The minimum Gasteiger partial charge on any atom is -0.618 e. The zero-order valence-electron chi connectivity index (χ0n) is 15.9. The number of aromatic nitrogens is 2. The third kappa shape index (κ3) is 3.61. The van der Waals surface area contributed by atoms with E-state index in [1.54, 1.807) is 11.0 Å². The monoisotopic (exact) mass is 436 g/mol. The minimum absolute atomic E-state index is 0.0310. The lowest BCUT2D eigenvalue weighted by molar-refractivity contribution is -0.647. The molecule has 0 atom stereocenters. The first-order valence-corrected chi connectivity index (χ1v) is 9.35. The van der Waals surface area contributed by atoms with Gasteiger partial charge in [0.15, 0.2) is 5.82 Å². The van der Waals surface area contributed by atoms with Gasteiger partial charge in [-0.05, 0) is 0 Å². The van der Waals surface area contributed by atoms with Crippen LogP contribution in [0.1, 0.15) is 21.7 Å². The molecular weight excluding hydrogens is 420 g/mol. The number of anilines is 1. The van der Waals surface area contributed by atoms with Gasteiger partial charge in [0, 0.05) is 37.8 Å². The van der Waals surface area contributed by atoms with Crippen molar-refractivity contribution in [2.75, 3.05) is 31.1 Å². The Morgan fingerprint density at radius 1 is 1.00 bits per heavy atom. The van der Waals surface area contributed by atoms with Crippen LogP contribution in [0.5, 0.6) is 0 Å². The van der Waals surface area contributed by atoms with Crippen molar-refractivity contribution in [2.24, 2.45) is 0 Å². The maximum atomic E-state index is 14.7. The Bertz CT molecular complexity index is 1160. The van der Waals surface area contributed by atoms with Crippen LogP contribution in [0.15, 0.2) is 42.5 Å². The maximum Gasteiger partial charge on any atom is 0.486 e. The summed E-state index contributed by atoms with van der Waals surface area (Å²) in [6.45, 7) is 1.88. The number of fused-ring (bicyclic) bond motifs is 1. The van der Waals surface area contributed by atoms with E-state index in [9.17, 15) is 32.8 Å². The van der Waals surface area contributed by atoms with Crippen LogP contribution in [0, 0.1) is 16.2 Å². The van der Waals surface area contributed by atoms with Crippen molar-refractivity contribution in [1.82, 2.24) is 5.32 Å². The number of piperazine rings is 1. The molecule has 31 heavy (non-hydrogen) atoms. The van der Waals surface area contributed by atoms with Gasteiger partial charge >= 0.3 is 17.6 Å². The molecule has 0 radical (unpaired) electrons. The topological polar surface area (TPSA) is 86.2 Å². The van der Waals surface area contributed by atoms with Crippen LogP contribution in [0.3, 0.4) is 0 Å². The van der Waals surface area contributed by atoms with Crippen LogP contribution in [0.4, 0.5) is 23.2 Å². The molecule has 0 saturated carbocycles. The van der Waals surface area contributed by atoms with E-state index in [1.165, 1.54) is 24.3 Å². The summed E-state index contributed by atoms with van der Waals surface area (Å²) in [4.78, 5) is 14.4. The Kier molecular flexibility index (Phi) is 5.13. The lowest BCUT2D eigenvalue weighted by Crippen LogP contribution is -2.50. The van der Waals surface area contributed by atoms with Crippen LogP contribution < -0.4 is 19.7 Å². The molecule has 1 saturated heterocycles. The Balaban J connectivity index is 2.01. The molecular formula is C20H16F4N4O3. The average Bonchev–Trinajstić information content (AvgIpc) is 2.75. The highest BCUT2D eigenvalue weighted by Crippen LogP contribution is 2.32.